The first-order valence-electron chi connectivity index (χ1n) is 6.80. The third-order valence-corrected chi connectivity index (χ3v) is 3.65. The van der Waals surface area contributed by atoms with Crippen LogP contribution in [0, 0.1) is 6.92 Å². The van der Waals surface area contributed by atoms with Gasteiger partial charge in [0.05, 0.1) is 18.8 Å². The molecule has 1 atom stereocenters. The van der Waals surface area contributed by atoms with Crippen LogP contribution in [0.2, 0.25) is 0 Å². The van der Waals surface area contributed by atoms with Crippen molar-refractivity contribution in [1.82, 2.24) is 24.8 Å². The second kappa shape index (κ2) is 5.52. The summed E-state index contributed by atoms with van der Waals surface area (Å²) in [5.74, 6) is 0.947. The summed E-state index contributed by atoms with van der Waals surface area (Å²) in [5, 5.41) is 8.15. The maximum absolute atomic E-state index is 5.32. The lowest BCUT2D eigenvalue weighted by Crippen LogP contribution is -2.41. The van der Waals surface area contributed by atoms with Gasteiger partial charge >= 0.3 is 0 Å². The van der Waals surface area contributed by atoms with Gasteiger partial charge in [-0.25, -0.2) is 4.98 Å². The molecule has 0 amide bonds. The second-order valence-corrected chi connectivity index (χ2v) is 5.17. The van der Waals surface area contributed by atoms with Crippen molar-refractivity contribution < 1.29 is 4.52 Å². The van der Waals surface area contributed by atoms with Gasteiger partial charge in [0, 0.05) is 12.1 Å². The molecule has 0 N–H and O–H groups in total. The molecule has 1 aliphatic heterocycles. The Morgan fingerprint density at radius 2 is 2.37 bits per heavy atom. The van der Waals surface area contributed by atoms with Gasteiger partial charge in [0.2, 0.25) is 0 Å². The molecule has 0 saturated carbocycles. The largest absolute Gasteiger partial charge is 0.360 e. The molecule has 2 aromatic heterocycles. The van der Waals surface area contributed by atoms with Crippen molar-refractivity contribution in [2.75, 3.05) is 6.54 Å². The molecular weight excluding hydrogens is 242 g/mol. The van der Waals surface area contributed by atoms with Crippen molar-refractivity contribution in [3.05, 3.63) is 30.2 Å². The Hall–Kier alpha value is -1.69. The number of nitrogens with zero attached hydrogens (tertiary/aromatic N) is 5. The van der Waals surface area contributed by atoms with Crippen molar-refractivity contribution >= 4 is 0 Å². The average Bonchev–Trinajstić information content (AvgIpc) is 3.04. The fourth-order valence-electron chi connectivity index (χ4n) is 2.71. The molecule has 0 radical (unpaired) electrons. The molecule has 1 saturated heterocycles. The number of piperidine rings is 1. The predicted molar refractivity (Wildman–Crippen MR) is 69.3 cm³/mol. The second-order valence-electron chi connectivity index (χ2n) is 5.17. The normalized spacial score (nSPS) is 20.8. The molecule has 6 nitrogen and oxygen atoms in total. The number of rotatable bonds is 4. The standard InChI is InChI=1S/C13H19N5O/c1-11-6-13(19-16-11)8-17-5-3-2-4-12(17)7-18-10-14-9-15-18/h6,9-10,12H,2-5,7-8H2,1H3/t12-/m1/s1. The van der Waals surface area contributed by atoms with Gasteiger partial charge in [0.15, 0.2) is 5.76 Å². The zero-order chi connectivity index (χ0) is 13.1. The first kappa shape index (κ1) is 12.3. The Morgan fingerprint density at radius 3 is 3.11 bits per heavy atom. The number of hydrogen-bond donors (Lipinski definition) is 0. The summed E-state index contributed by atoms with van der Waals surface area (Å²) in [5.41, 5.74) is 0.944. The summed E-state index contributed by atoms with van der Waals surface area (Å²) in [6, 6.07) is 2.52. The number of aryl methyl sites for hydroxylation is 1. The van der Waals surface area contributed by atoms with Crippen LogP contribution in [0.25, 0.3) is 0 Å². The van der Waals surface area contributed by atoms with Crippen LogP contribution in [0.1, 0.15) is 30.7 Å². The minimum Gasteiger partial charge on any atom is -0.360 e. The van der Waals surface area contributed by atoms with Crippen molar-refractivity contribution in [3.8, 4) is 0 Å². The van der Waals surface area contributed by atoms with E-state index in [0.29, 0.717) is 6.04 Å². The van der Waals surface area contributed by atoms with Gasteiger partial charge in [-0.1, -0.05) is 11.6 Å². The molecule has 0 aromatic carbocycles. The first-order chi connectivity index (χ1) is 9.31. The molecule has 6 heteroatoms. The van der Waals surface area contributed by atoms with Gasteiger partial charge in [-0.15, -0.1) is 0 Å². The quantitative estimate of drug-likeness (QED) is 0.837. The van der Waals surface area contributed by atoms with Crippen LogP contribution in [0.3, 0.4) is 0 Å². The summed E-state index contributed by atoms with van der Waals surface area (Å²) < 4.78 is 7.24. The van der Waals surface area contributed by atoms with E-state index in [1.54, 1.807) is 12.7 Å². The Bertz CT molecular complexity index is 507. The summed E-state index contributed by atoms with van der Waals surface area (Å²) in [6.45, 7) is 4.79. The molecule has 1 aliphatic rings. The molecule has 2 aromatic rings. The van der Waals surface area contributed by atoms with Crippen LogP contribution in [0.4, 0.5) is 0 Å². The Kier molecular flexibility index (Phi) is 3.59. The molecule has 0 spiro atoms. The van der Waals surface area contributed by atoms with Crippen LogP contribution in [0.5, 0.6) is 0 Å². The third-order valence-electron chi connectivity index (χ3n) is 3.65. The van der Waals surface area contributed by atoms with Gasteiger partial charge in [0.25, 0.3) is 0 Å². The molecular formula is C13H19N5O. The van der Waals surface area contributed by atoms with Crippen molar-refractivity contribution in [1.29, 1.82) is 0 Å². The van der Waals surface area contributed by atoms with E-state index in [2.05, 4.69) is 20.1 Å². The van der Waals surface area contributed by atoms with Crippen molar-refractivity contribution in [2.24, 2.45) is 0 Å². The Morgan fingerprint density at radius 1 is 1.42 bits per heavy atom. The smallest absolute Gasteiger partial charge is 0.150 e. The van der Waals surface area contributed by atoms with Gasteiger partial charge in [-0.05, 0) is 26.3 Å². The fraction of sp³-hybridized carbons (Fsp3) is 0.615. The van der Waals surface area contributed by atoms with E-state index in [4.69, 9.17) is 4.52 Å². The summed E-state index contributed by atoms with van der Waals surface area (Å²) in [6.07, 6.45) is 7.11. The highest BCUT2D eigenvalue weighted by Crippen LogP contribution is 2.21. The van der Waals surface area contributed by atoms with E-state index in [1.165, 1.54) is 19.3 Å². The zero-order valence-electron chi connectivity index (χ0n) is 11.2. The lowest BCUT2D eigenvalue weighted by molar-refractivity contribution is 0.110. The Balaban J connectivity index is 1.66. The van der Waals surface area contributed by atoms with E-state index in [9.17, 15) is 0 Å². The van der Waals surface area contributed by atoms with E-state index in [1.807, 2.05) is 17.7 Å². The molecule has 0 bridgehead atoms. The summed E-state index contributed by atoms with van der Waals surface area (Å²) in [7, 11) is 0. The van der Waals surface area contributed by atoms with Gasteiger partial charge < -0.3 is 4.52 Å². The molecule has 0 unspecified atom stereocenters. The van der Waals surface area contributed by atoms with Gasteiger partial charge in [-0.2, -0.15) is 5.10 Å². The molecule has 102 valence electrons. The SMILES string of the molecule is Cc1cc(CN2CCCC[C@@H]2Cn2cncn2)on1. The van der Waals surface area contributed by atoms with Crippen LogP contribution in [0.15, 0.2) is 23.2 Å². The average molecular weight is 261 g/mol. The van der Waals surface area contributed by atoms with Crippen LogP contribution in [-0.4, -0.2) is 37.4 Å². The topological polar surface area (TPSA) is 60.0 Å². The van der Waals surface area contributed by atoms with Crippen LogP contribution < -0.4 is 0 Å². The summed E-state index contributed by atoms with van der Waals surface area (Å²) in [4.78, 5) is 6.47. The molecule has 3 heterocycles. The summed E-state index contributed by atoms with van der Waals surface area (Å²) >= 11 is 0. The lowest BCUT2D eigenvalue weighted by atomic mass is 10.0. The fourth-order valence-corrected chi connectivity index (χ4v) is 2.71. The van der Waals surface area contributed by atoms with E-state index in [-0.39, 0.29) is 0 Å². The van der Waals surface area contributed by atoms with E-state index in [0.717, 1.165) is 31.1 Å². The minimum absolute atomic E-state index is 0.501. The van der Waals surface area contributed by atoms with Crippen LogP contribution in [-0.2, 0) is 13.1 Å². The predicted octanol–water partition coefficient (Wildman–Crippen LogP) is 1.63. The highest BCUT2D eigenvalue weighted by atomic mass is 16.5. The van der Waals surface area contributed by atoms with E-state index >= 15 is 0 Å². The minimum atomic E-state index is 0.501. The first-order valence-corrected chi connectivity index (χ1v) is 6.80. The maximum atomic E-state index is 5.32. The zero-order valence-corrected chi connectivity index (χ0v) is 11.2. The monoisotopic (exact) mass is 261 g/mol. The number of aromatic nitrogens is 4. The third kappa shape index (κ3) is 3.01. The van der Waals surface area contributed by atoms with Gasteiger partial charge in [-0.3, -0.25) is 9.58 Å². The number of likely N-dealkylation sites (tertiary alicyclic amines) is 1. The molecule has 3 rings (SSSR count). The van der Waals surface area contributed by atoms with Crippen LogP contribution >= 0.6 is 0 Å². The number of hydrogen-bond acceptors (Lipinski definition) is 5. The van der Waals surface area contributed by atoms with Crippen molar-refractivity contribution in [2.45, 2.75) is 45.3 Å². The van der Waals surface area contributed by atoms with Gasteiger partial charge in [0.1, 0.15) is 12.7 Å². The molecule has 1 fully saturated rings. The lowest BCUT2D eigenvalue weighted by Gasteiger charge is -2.34. The highest BCUT2D eigenvalue weighted by Gasteiger charge is 2.24. The van der Waals surface area contributed by atoms with E-state index < -0.39 is 0 Å². The molecule has 0 aliphatic carbocycles. The highest BCUT2D eigenvalue weighted by molar-refractivity contribution is 5.03. The maximum Gasteiger partial charge on any atom is 0.150 e. The van der Waals surface area contributed by atoms with Crippen molar-refractivity contribution in [3.63, 3.8) is 0 Å². The molecule has 19 heavy (non-hydrogen) atoms. The Labute approximate surface area is 112 Å².